The molecule has 3 nitrogen and oxygen atoms in total. The highest BCUT2D eigenvalue weighted by atomic mass is 16.5. The Balaban J connectivity index is 1.70. The van der Waals surface area contributed by atoms with Crippen molar-refractivity contribution in [2.24, 2.45) is 23.2 Å². The molecule has 3 heteroatoms. The number of benzene rings is 1. The molecule has 132 valence electrons. The van der Waals surface area contributed by atoms with E-state index >= 15 is 0 Å². The van der Waals surface area contributed by atoms with Crippen molar-refractivity contribution in [2.45, 2.75) is 64.4 Å². The molecule has 0 heterocycles. The van der Waals surface area contributed by atoms with Crippen molar-refractivity contribution in [1.29, 1.82) is 0 Å². The number of phenols is 1. The van der Waals surface area contributed by atoms with Gasteiger partial charge in [0.25, 0.3) is 0 Å². The molecule has 2 fully saturated rings. The van der Waals surface area contributed by atoms with Crippen molar-refractivity contribution >= 4 is 0 Å². The highest BCUT2D eigenvalue weighted by Gasteiger charge is 2.57. The van der Waals surface area contributed by atoms with Gasteiger partial charge < -0.3 is 14.9 Å². The second kappa shape index (κ2) is 5.66. The molecule has 0 spiro atoms. The quantitative estimate of drug-likeness (QED) is 0.852. The number of fused-ring (bicyclic) bond motifs is 5. The van der Waals surface area contributed by atoms with Crippen LogP contribution in [0.2, 0.25) is 0 Å². The van der Waals surface area contributed by atoms with E-state index in [9.17, 15) is 10.2 Å². The van der Waals surface area contributed by atoms with E-state index in [2.05, 4.69) is 19.9 Å². The first kappa shape index (κ1) is 16.3. The van der Waals surface area contributed by atoms with Crippen molar-refractivity contribution in [3.05, 3.63) is 23.3 Å². The van der Waals surface area contributed by atoms with Crippen LogP contribution in [0.5, 0.6) is 11.5 Å². The van der Waals surface area contributed by atoms with E-state index in [-0.39, 0.29) is 17.3 Å². The first-order chi connectivity index (χ1) is 11.5. The van der Waals surface area contributed by atoms with Gasteiger partial charge in [-0.3, -0.25) is 0 Å². The molecule has 0 amide bonds. The van der Waals surface area contributed by atoms with Crippen LogP contribution >= 0.6 is 0 Å². The maximum Gasteiger partial charge on any atom is 0.160 e. The fourth-order valence-electron chi connectivity index (χ4n) is 6.29. The number of aromatic hydroxyl groups is 1. The van der Waals surface area contributed by atoms with E-state index in [1.807, 2.05) is 6.07 Å². The molecule has 24 heavy (non-hydrogen) atoms. The fraction of sp³-hybridized carbons (Fsp3) is 0.714. The normalized spacial score (nSPS) is 40.6. The SMILES string of the molecule is CCC1C[C@H]2[C@@H]3CCc4cc(O)c(OC)cc4[C@H]3CC[C@]2(C)[C@H]1O. The van der Waals surface area contributed by atoms with Crippen molar-refractivity contribution in [1.82, 2.24) is 0 Å². The van der Waals surface area contributed by atoms with Gasteiger partial charge in [0.1, 0.15) is 0 Å². The summed E-state index contributed by atoms with van der Waals surface area (Å²) in [6.07, 6.45) is 6.61. The first-order valence-corrected chi connectivity index (χ1v) is 9.57. The van der Waals surface area contributed by atoms with Crippen LogP contribution in [0.3, 0.4) is 0 Å². The Morgan fingerprint density at radius 2 is 2.08 bits per heavy atom. The lowest BCUT2D eigenvalue weighted by atomic mass is 9.55. The summed E-state index contributed by atoms with van der Waals surface area (Å²) in [5.74, 6) is 3.18. The Hall–Kier alpha value is -1.22. The highest BCUT2D eigenvalue weighted by molar-refractivity contribution is 5.49. The zero-order valence-corrected chi connectivity index (χ0v) is 15.1. The summed E-state index contributed by atoms with van der Waals surface area (Å²) in [6.45, 7) is 4.55. The van der Waals surface area contributed by atoms with Gasteiger partial charge in [-0.1, -0.05) is 20.3 Å². The van der Waals surface area contributed by atoms with E-state index in [1.54, 1.807) is 7.11 Å². The van der Waals surface area contributed by atoms with Gasteiger partial charge in [-0.2, -0.15) is 0 Å². The summed E-state index contributed by atoms with van der Waals surface area (Å²) in [6, 6.07) is 3.99. The number of phenolic OH excluding ortho intramolecular Hbond substituents is 1. The minimum Gasteiger partial charge on any atom is -0.504 e. The predicted octanol–water partition coefficient (Wildman–Crippen LogP) is 4.25. The molecular formula is C21H30O3. The van der Waals surface area contributed by atoms with Gasteiger partial charge in [0.15, 0.2) is 11.5 Å². The van der Waals surface area contributed by atoms with Gasteiger partial charge >= 0.3 is 0 Å². The predicted molar refractivity (Wildman–Crippen MR) is 94.4 cm³/mol. The maximum atomic E-state index is 10.9. The average Bonchev–Trinajstić information content (AvgIpc) is 2.85. The summed E-state index contributed by atoms with van der Waals surface area (Å²) in [5.41, 5.74) is 2.78. The van der Waals surface area contributed by atoms with E-state index in [0.717, 1.165) is 25.7 Å². The summed E-state index contributed by atoms with van der Waals surface area (Å²) in [5, 5.41) is 21.0. The van der Waals surface area contributed by atoms with Crippen LogP contribution in [-0.2, 0) is 6.42 Å². The summed E-state index contributed by atoms with van der Waals surface area (Å²) >= 11 is 0. The second-order valence-electron chi connectivity index (χ2n) is 8.53. The number of aliphatic hydroxyl groups is 1. The Morgan fingerprint density at radius 3 is 2.79 bits per heavy atom. The molecule has 6 atom stereocenters. The van der Waals surface area contributed by atoms with Crippen LogP contribution in [0, 0.1) is 23.2 Å². The zero-order chi connectivity index (χ0) is 17.1. The molecule has 0 radical (unpaired) electrons. The van der Waals surface area contributed by atoms with Crippen molar-refractivity contribution in [2.75, 3.05) is 7.11 Å². The molecule has 0 bridgehead atoms. The largest absolute Gasteiger partial charge is 0.504 e. The van der Waals surface area contributed by atoms with Crippen LogP contribution in [0.1, 0.15) is 63.0 Å². The molecule has 0 aromatic heterocycles. The lowest BCUT2D eigenvalue weighted by Gasteiger charge is -2.50. The van der Waals surface area contributed by atoms with Crippen molar-refractivity contribution in [3.8, 4) is 11.5 Å². The maximum absolute atomic E-state index is 10.9. The highest BCUT2D eigenvalue weighted by Crippen LogP contribution is 2.62. The number of hydrogen-bond donors (Lipinski definition) is 2. The zero-order valence-electron chi connectivity index (χ0n) is 15.1. The summed E-state index contributed by atoms with van der Waals surface area (Å²) in [4.78, 5) is 0. The standard InChI is InChI=1S/C21H30O3/c1-4-12-9-17-15-6-5-13-10-18(22)19(24-3)11-16(13)14(15)7-8-21(17,2)20(12)23/h10-12,14-15,17,20,22-23H,4-9H2,1-3H3/t12?,14-,15+,17-,20-,21-/m0/s1. The van der Waals surface area contributed by atoms with Gasteiger partial charge in [-0.05, 0) is 84.5 Å². The summed E-state index contributed by atoms with van der Waals surface area (Å²) in [7, 11) is 1.62. The number of hydrogen-bond acceptors (Lipinski definition) is 3. The smallest absolute Gasteiger partial charge is 0.160 e. The average molecular weight is 330 g/mol. The van der Waals surface area contributed by atoms with Crippen LogP contribution in [0.4, 0.5) is 0 Å². The molecule has 0 aliphatic heterocycles. The minimum atomic E-state index is -0.135. The van der Waals surface area contributed by atoms with Gasteiger partial charge in [-0.15, -0.1) is 0 Å². The van der Waals surface area contributed by atoms with E-state index in [0.29, 0.717) is 29.4 Å². The number of aryl methyl sites for hydroxylation is 1. The van der Waals surface area contributed by atoms with Crippen LogP contribution in [0.15, 0.2) is 12.1 Å². The van der Waals surface area contributed by atoms with Gasteiger partial charge in [0.05, 0.1) is 13.2 Å². The fourth-order valence-corrected chi connectivity index (χ4v) is 6.29. The van der Waals surface area contributed by atoms with Gasteiger partial charge in [0, 0.05) is 0 Å². The second-order valence-corrected chi connectivity index (χ2v) is 8.53. The number of methoxy groups -OCH3 is 1. The van der Waals surface area contributed by atoms with Crippen molar-refractivity contribution in [3.63, 3.8) is 0 Å². The third-order valence-corrected chi connectivity index (χ3v) is 7.67. The molecule has 3 aliphatic rings. The third kappa shape index (κ3) is 2.13. The van der Waals surface area contributed by atoms with E-state index < -0.39 is 0 Å². The first-order valence-electron chi connectivity index (χ1n) is 9.57. The Labute approximate surface area is 145 Å². The van der Waals surface area contributed by atoms with Gasteiger partial charge in [-0.25, -0.2) is 0 Å². The molecule has 1 aromatic rings. The molecule has 4 rings (SSSR count). The van der Waals surface area contributed by atoms with Crippen molar-refractivity contribution < 1.29 is 14.9 Å². The van der Waals surface area contributed by atoms with Crippen LogP contribution in [-0.4, -0.2) is 23.4 Å². The third-order valence-electron chi connectivity index (χ3n) is 7.67. The lowest BCUT2D eigenvalue weighted by molar-refractivity contribution is -0.0329. The number of rotatable bonds is 2. The van der Waals surface area contributed by atoms with E-state index in [4.69, 9.17) is 4.74 Å². The molecule has 1 unspecified atom stereocenters. The monoisotopic (exact) mass is 330 g/mol. The van der Waals surface area contributed by atoms with Gasteiger partial charge in [0.2, 0.25) is 0 Å². The Kier molecular flexibility index (Phi) is 3.83. The minimum absolute atomic E-state index is 0.0976. The summed E-state index contributed by atoms with van der Waals surface area (Å²) < 4.78 is 5.36. The number of ether oxygens (including phenoxy) is 1. The molecular weight excluding hydrogens is 300 g/mol. The molecule has 2 saturated carbocycles. The molecule has 3 aliphatic carbocycles. The Bertz CT molecular complexity index is 640. The molecule has 2 N–H and O–H groups in total. The molecule has 0 saturated heterocycles. The number of aliphatic hydroxyl groups excluding tert-OH is 1. The lowest BCUT2D eigenvalue weighted by Crippen LogP contribution is -2.44. The van der Waals surface area contributed by atoms with Crippen LogP contribution in [0.25, 0.3) is 0 Å². The molecule has 1 aromatic carbocycles. The Morgan fingerprint density at radius 1 is 1.29 bits per heavy atom. The van der Waals surface area contributed by atoms with Crippen LogP contribution < -0.4 is 4.74 Å². The van der Waals surface area contributed by atoms with E-state index in [1.165, 1.54) is 24.0 Å². The topological polar surface area (TPSA) is 49.7 Å².